The van der Waals surface area contributed by atoms with Crippen LogP contribution in [0.3, 0.4) is 0 Å². The second kappa shape index (κ2) is 3.89. The summed E-state index contributed by atoms with van der Waals surface area (Å²) < 4.78 is 27.5. The van der Waals surface area contributed by atoms with Crippen molar-refractivity contribution in [1.82, 2.24) is 5.32 Å². The van der Waals surface area contributed by atoms with Crippen molar-refractivity contribution >= 4 is 0 Å². The number of alkyl halides is 1. The summed E-state index contributed by atoms with van der Waals surface area (Å²) in [5.41, 5.74) is -1.07. The molecule has 1 aromatic rings. The van der Waals surface area contributed by atoms with E-state index in [1.54, 1.807) is 12.1 Å². The lowest BCUT2D eigenvalue weighted by atomic mass is 9.89. The van der Waals surface area contributed by atoms with Crippen LogP contribution in [0, 0.1) is 5.82 Å². The highest BCUT2D eigenvalue weighted by Gasteiger charge is 2.37. The minimum absolute atomic E-state index is 0.195. The standard InChI is InChI=1S/C12H15F2N/c1-12(14,11-6-3-7-15-11)9-4-2-5-10(13)8-9/h2,4-5,8,11,15H,3,6-7H2,1H3. The van der Waals surface area contributed by atoms with Gasteiger partial charge in [0.2, 0.25) is 0 Å². The second-order valence-corrected chi connectivity index (χ2v) is 4.23. The fourth-order valence-electron chi connectivity index (χ4n) is 2.14. The summed E-state index contributed by atoms with van der Waals surface area (Å²) in [6.45, 7) is 2.37. The van der Waals surface area contributed by atoms with Crippen molar-refractivity contribution in [1.29, 1.82) is 0 Å². The molecule has 1 aliphatic rings. The van der Waals surface area contributed by atoms with E-state index in [2.05, 4.69) is 5.32 Å². The molecular formula is C12H15F2N. The van der Waals surface area contributed by atoms with Crippen molar-refractivity contribution in [2.45, 2.75) is 31.5 Å². The van der Waals surface area contributed by atoms with Crippen molar-refractivity contribution in [2.24, 2.45) is 0 Å². The number of nitrogens with one attached hydrogen (secondary N) is 1. The van der Waals surface area contributed by atoms with Crippen molar-refractivity contribution in [3.63, 3.8) is 0 Å². The molecule has 0 saturated carbocycles. The average Bonchev–Trinajstić information content (AvgIpc) is 2.71. The van der Waals surface area contributed by atoms with Crippen molar-refractivity contribution in [3.05, 3.63) is 35.6 Å². The van der Waals surface area contributed by atoms with E-state index in [1.165, 1.54) is 19.1 Å². The van der Waals surface area contributed by atoms with E-state index in [1.807, 2.05) is 0 Å². The third-order valence-corrected chi connectivity index (χ3v) is 3.10. The minimum atomic E-state index is -1.49. The molecule has 1 aromatic carbocycles. The highest BCUT2D eigenvalue weighted by atomic mass is 19.1. The topological polar surface area (TPSA) is 12.0 Å². The first-order chi connectivity index (χ1) is 7.10. The third kappa shape index (κ3) is 2.02. The minimum Gasteiger partial charge on any atom is -0.311 e. The third-order valence-electron chi connectivity index (χ3n) is 3.10. The van der Waals surface area contributed by atoms with Gasteiger partial charge in [0.25, 0.3) is 0 Å². The summed E-state index contributed by atoms with van der Waals surface area (Å²) in [6, 6.07) is 5.61. The van der Waals surface area contributed by atoms with E-state index >= 15 is 0 Å². The SMILES string of the molecule is CC(F)(c1cccc(F)c1)C1CCCN1. The molecule has 0 aliphatic carbocycles. The van der Waals surface area contributed by atoms with Crippen LogP contribution in [-0.2, 0) is 5.67 Å². The number of hydrogen-bond donors (Lipinski definition) is 1. The van der Waals surface area contributed by atoms with Gasteiger partial charge in [-0.3, -0.25) is 0 Å². The van der Waals surface area contributed by atoms with Gasteiger partial charge in [-0.2, -0.15) is 0 Å². The molecule has 2 atom stereocenters. The number of halogens is 2. The van der Waals surface area contributed by atoms with Crippen molar-refractivity contribution in [2.75, 3.05) is 6.54 Å². The molecule has 15 heavy (non-hydrogen) atoms. The van der Waals surface area contributed by atoms with Gasteiger partial charge in [-0.25, -0.2) is 8.78 Å². The van der Waals surface area contributed by atoms with Gasteiger partial charge >= 0.3 is 0 Å². The summed E-state index contributed by atoms with van der Waals surface area (Å²) in [4.78, 5) is 0. The highest BCUT2D eigenvalue weighted by molar-refractivity contribution is 5.25. The lowest BCUT2D eigenvalue weighted by Crippen LogP contribution is -2.39. The summed E-state index contributed by atoms with van der Waals surface area (Å²) >= 11 is 0. The Bertz CT molecular complexity index is 343. The van der Waals surface area contributed by atoms with Crippen LogP contribution in [0.4, 0.5) is 8.78 Å². The Morgan fingerprint density at radius 3 is 2.87 bits per heavy atom. The first-order valence-electron chi connectivity index (χ1n) is 5.29. The maximum Gasteiger partial charge on any atom is 0.148 e. The predicted molar refractivity (Wildman–Crippen MR) is 55.9 cm³/mol. The monoisotopic (exact) mass is 211 g/mol. The largest absolute Gasteiger partial charge is 0.311 e. The Kier molecular flexibility index (Phi) is 2.74. The molecule has 1 N–H and O–H groups in total. The fourth-order valence-corrected chi connectivity index (χ4v) is 2.14. The van der Waals surface area contributed by atoms with Gasteiger partial charge in [0.1, 0.15) is 11.5 Å². The van der Waals surface area contributed by atoms with Crippen LogP contribution < -0.4 is 5.32 Å². The molecule has 1 aliphatic heterocycles. The Hall–Kier alpha value is -0.960. The highest BCUT2D eigenvalue weighted by Crippen LogP contribution is 2.33. The smallest absolute Gasteiger partial charge is 0.148 e. The summed E-state index contributed by atoms with van der Waals surface area (Å²) in [5.74, 6) is -0.380. The Morgan fingerprint density at radius 1 is 1.47 bits per heavy atom. The molecule has 1 fully saturated rings. The molecule has 2 unspecified atom stereocenters. The van der Waals surface area contributed by atoms with Crippen LogP contribution in [0.25, 0.3) is 0 Å². The summed E-state index contributed by atoms with van der Waals surface area (Å²) in [6.07, 6.45) is 1.79. The predicted octanol–water partition coefficient (Wildman–Crippen LogP) is 2.76. The molecule has 0 radical (unpaired) electrons. The molecule has 0 bridgehead atoms. The van der Waals surface area contributed by atoms with Gasteiger partial charge in [-0.15, -0.1) is 0 Å². The van der Waals surface area contributed by atoms with Gasteiger partial charge in [-0.05, 0) is 44.0 Å². The molecule has 3 heteroatoms. The zero-order chi connectivity index (χ0) is 10.9. The van der Waals surface area contributed by atoms with Crippen LogP contribution in [0.5, 0.6) is 0 Å². The Morgan fingerprint density at radius 2 is 2.27 bits per heavy atom. The molecule has 0 spiro atoms. The fraction of sp³-hybridized carbons (Fsp3) is 0.500. The second-order valence-electron chi connectivity index (χ2n) is 4.23. The molecule has 1 saturated heterocycles. The van der Waals surface area contributed by atoms with Crippen LogP contribution in [0.1, 0.15) is 25.3 Å². The van der Waals surface area contributed by atoms with E-state index in [4.69, 9.17) is 0 Å². The van der Waals surface area contributed by atoms with Gasteiger partial charge < -0.3 is 5.32 Å². The van der Waals surface area contributed by atoms with E-state index in [0.29, 0.717) is 5.56 Å². The van der Waals surface area contributed by atoms with E-state index in [-0.39, 0.29) is 11.9 Å². The molecule has 2 rings (SSSR count). The molecule has 0 amide bonds. The Balaban J connectivity index is 2.27. The zero-order valence-electron chi connectivity index (χ0n) is 8.76. The van der Waals surface area contributed by atoms with Gasteiger partial charge in [0.15, 0.2) is 0 Å². The normalized spacial score (nSPS) is 25.1. The summed E-state index contributed by atoms with van der Waals surface area (Å²) in [7, 11) is 0. The lowest BCUT2D eigenvalue weighted by Gasteiger charge is -2.28. The molecule has 1 nitrogen and oxygen atoms in total. The van der Waals surface area contributed by atoms with Crippen LogP contribution in [0.2, 0.25) is 0 Å². The van der Waals surface area contributed by atoms with Crippen LogP contribution in [-0.4, -0.2) is 12.6 Å². The molecule has 82 valence electrons. The molecule has 1 heterocycles. The van der Waals surface area contributed by atoms with E-state index in [9.17, 15) is 8.78 Å². The first kappa shape index (κ1) is 10.6. The van der Waals surface area contributed by atoms with Gasteiger partial charge in [0, 0.05) is 6.04 Å². The van der Waals surface area contributed by atoms with E-state index in [0.717, 1.165) is 19.4 Å². The average molecular weight is 211 g/mol. The Labute approximate surface area is 88.5 Å². The number of hydrogen-bond acceptors (Lipinski definition) is 1. The maximum absolute atomic E-state index is 14.5. The van der Waals surface area contributed by atoms with Crippen molar-refractivity contribution in [3.8, 4) is 0 Å². The van der Waals surface area contributed by atoms with Crippen molar-refractivity contribution < 1.29 is 8.78 Å². The zero-order valence-corrected chi connectivity index (χ0v) is 8.76. The maximum atomic E-state index is 14.5. The van der Waals surface area contributed by atoms with Crippen LogP contribution in [0.15, 0.2) is 24.3 Å². The quantitative estimate of drug-likeness (QED) is 0.793. The number of rotatable bonds is 2. The summed E-state index contributed by atoms with van der Waals surface area (Å²) in [5, 5.41) is 3.12. The molecular weight excluding hydrogens is 196 g/mol. The van der Waals surface area contributed by atoms with Gasteiger partial charge in [0.05, 0.1) is 0 Å². The van der Waals surface area contributed by atoms with Crippen LogP contribution >= 0.6 is 0 Å². The number of benzene rings is 1. The van der Waals surface area contributed by atoms with Gasteiger partial charge in [-0.1, -0.05) is 12.1 Å². The first-order valence-corrected chi connectivity index (χ1v) is 5.29. The lowest BCUT2D eigenvalue weighted by molar-refractivity contribution is 0.136. The van der Waals surface area contributed by atoms with E-state index < -0.39 is 5.67 Å². The molecule has 0 aromatic heterocycles.